The lowest BCUT2D eigenvalue weighted by molar-refractivity contribution is -0.137. The van der Waals surface area contributed by atoms with Gasteiger partial charge in [0.15, 0.2) is 0 Å². The van der Waals surface area contributed by atoms with E-state index in [2.05, 4.69) is 18.9 Å². The number of hydrogen-bond donors (Lipinski definition) is 2. The quantitative estimate of drug-likeness (QED) is 0.782. The van der Waals surface area contributed by atoms with Crippen LogP contribution in [-0.4, -0.2) is 32.7 Å². The van der Waals surface area contributed by atoms with Crippen LogP contribution in [0.25, 0.3) is 0 Å². The first-order chi connectivity index (χ1) is 7.50. The highest BCUT2D eigenvalue weighted by Crippen LogP contribution is 2.12. The average Bonchev–Trinajstić information content (AvgIpc) is 2.66. The Bertz CT molecular complexity index is 352. The SMILES string of the molecule is CC(C)n1ccc(CSC[C@H](N)C(=O)O)n1. The van der Waals surface area contributed by atoms with Crippen LogP contribution in [0.1, 0.15) is 25.6 Å². The van der Waals surface area contributed by atoms with Crippen LogP contribution >= 0.6 is 11.8 Å². The Kier molecular flexibility index (Phi) is 4.82. The van der Waals surface area contributed by atoms with Crippen molar-refractivity contribution in [3.05, 3.63) is 18.0 Å². The summed E-state index contributed by atoms with van der Waals surface area (Å²) in [6.07, 6.45) is 1.93. The van der Waals surface area contributed by atoms with Crippen molar-refractivity contribution in [3.8, 4) is 0 Å². The molecule has 0 amide bonds. The maximum atomic E-state index is 10.5. The van der Waals surface area contributed by atoms with E-state index in [0.29, 0.717) is 17.5 Å². The van der Waals surface area contributed by atoms with Gasteiger partial charge >= 0.3 is 5.97 Å². The molecular formula is C10H17N3O2S. The van der Waals surface area contributed by atoms with E-state index in [0.717, 1.165) is 5.69 Å². The topological polar surface area (TPSA) is 81.1 Å². The van der Waals surface area contributed by atoms with Crippen LogP contribution in [0.5, 0.6) is 0 Å². The molecule has 16 heavy (non-hydrogen) atoms. The number of nitrogens with zero attached hydrogens (tertiary/aromatic N) is 2. The molecule has 0 aliphatic carbocycles. The highest BCUT2D eigenvalue weighted by Gasteiger charge is 2.11. The van der Waals surface area contributed by atoms with Crippen molar-refractivity contribution in [2.75, 3.05) is 5.75 Å². The summed E-state index contributed by atoms with van der Waals surface area (Å²) in [6.45, 7) is 4.12. The average molecular weight is 243 g/mol. The maximum absolute atomic E-state index is 10.5. The van der Waals surface area contributed by atoms with Crippen LogP contribution < -0.4 is 5.73 Å². The van der Waals surface area contributed by atoms with E-state index in [4.69, 9.17) is 10.8 Å². The Hall–Kier alpha value is -1.01. The van der Waals surface area contributed by atoms with Gasteiger partial charge in [0.2, 0.25) is 0 Å². The molecule has 3 N–H and O–H groups in total. The molecule has 0 saturated carbocycles. The number of carboxylic acids is 1. The van der Waals surface area contributed by atoms with Gasteiger partial charge in [0.05, 0.1) is 5.69 Å². The number of thioether (sulfide) groups is 1. The van der Waals surface area contributed by atoms with E-state index in [1.807, 2.05) is 16.9 Å². The fourth-order valence-corrected chi connectivity index (χ4v) is 1.98. The molecule has 0 bridgehead atoms. The molecule has 0 spiro atoms. The molecule has 1 rings (SSSR count). The van der Waals surface area contributed by atoms with Gasteiger partial charge in [-0.1, -0.05) is 0 Å². The van der Waals surface area contributed by atoms with E-state index in [1.165, 1.54) is 11.8 Å². The summed E-state index contributed by atoms with van der Waals surface area (Å²) in [5.74, 6) is 0.144. The highest BCUT2D eigenvalue weighted by molar-refractivity contribution is 7.98. The van der Waals surface area contributed by atoms with Gasteiger partial charge in [-0.25, -0.2) is 0 Å². The minimum Gasteiger partial charge on any atom is -0.480 e. The van der Waals surface area contributed by atoms with E-state index < -0.39 is 12.0 Å². The predicted molar refractivity (Wildman–Crippen MR) is 64.4 cm³/mol. The van der Waals surface area contributed by atoms with Crippen LogP contribution in [0.3, 0.4) is 0 Å². The van der Waals surface area contributed by atoms with Crippen molar-refractivity contribution >= 4 is 17.7 Å². The third-order valence-corrected chi connectivity index (χ3v) is 3.15. The molecule has 1 aromatic heterocycles. The molecule has 1 heterocycles. The van der Waals surface area contributed by atoms with Gasteiger partial charge in [0, 0.05) is 23.7 Å². The van der Waals surface area contributed by atoms with Gasteiger partial charge in [-0.2, -0.15) is 16.9 Å². The van der Waals surface area contributed by atoms with Crippen LogP contribution in [0.4, 0.5) is 0 Å². The lowest BCUT2D eigenvalue weighted by Crippen LogP contribution is -2.32. The lowest BCUT2D eigenvalue weighted by Gasteiger charge is -2.05. The third kappa shape index (κ3) is 3.86. The number of aliphatic carboxylic acids is 1. The molecule has 6 heteroatoms. The molecule has 0 unspecified atom stereocenters. The van der Waals surface area contributed by atoms with Gasteiger partial charge in [-0.3, -0.25) is 9.48 Å². The van der Waals surface area contributed by atoms with E-state index in [9.17, 15) is 4.79 Å². The Balaban J connectivity index is 2.34. The van der Waals surface area contributed by atoms with Gasteiger partial charge in [-0.05, 0) is 19.9 Å². The molecule has 0 saturated heterocycles. The van der Waals surface area contributed by atoms with E-state index in [-0.39, 0.29) is 0 Å². The van der Waals surface area contributed by atoms with Gasteiger partial charge < -0.3 is 10.8 Å². The number of nitrogens with two attached hydrogens (primary N) is 1. The number of carbonyl (C=O) groups is 1. The maximum Gasteiger partial charge on any atom is 0.321 e. The fraction of sp³-hybridized carbons (Fsp3) is 0.600. The Morgan fingerprint density at radius 1 is 1.69 bits per heavy atom. The molecule has 0 aliphatic rings. The summed E-state index contributed by atoms with van der Waals surface area (Å²) in [5.41, 5.74) is 6.34. The molecule has 0 aromatic carbocycles. The molecule has 90 valence electrons. The fourth-order valence-electron chi connectivity index (χ4n) is 1.10. The Labute approximate surface area is 99.0 Å². The second-order valence-electron chi connectivity index (χ2n) is 3.84. The van der Waals surface area contributed by atoms with E-state index >= 15 is 0 Å². The first-order valence-electron chi connectivity index (χ1n) is 5.11. The second-order valence-corrected chi connectivity index (χ2v) is 4.87. The van der Waals surface area contributed by atoms with Crippen molar-refractivity contribution in [1.29, 1.82) is 0 Å². The third-order valence-electron chi connectivity index (χ3n) is 2.06. The van der Waals surface area contributed by atoms with Crippen LogP contribution in [0.2, 0.25) is 0 Å². The largest absolute Gasteiger partial charge is 0.480 e. The Morgan fingerprint density at radius 2 is 2.38 bits per heavy atom. The smallest absolute Gasteiger partial charge is 0.321 e. The summed E-state index contributed by atoms with van der Waals surface area (Å²) in [6, 6.07) is 1.50. The number of carboxylic acid groups (broad SMARTS) is 1. The molecule has 5 nitrogen and oxygen atoms in total. The van der Waals surface area contributed by atoms with Gasteiger partial charge in [-0.15, -0.1) is 0 Å². The number of hydrogen-bond acceptors (Lipinski definition) is 4. The summed E-state index contributed by atoms with van der Waals surface area (Å²) < 4.78 is 1.88. The van der Waals surface area contributed by atoms with Crippen molar-refractivity contribution in [2.24, 2.45) is 5.73 Å². The highest BCUT2D eigenvalue weighted by atomic mass is 32.2. The zero-order valence-corrected chi connectivity index (χ0v) is 10.3. The molecule has 0 fully saturated rings. The van der Waals surface area contributed by atoms with Crippen LogP contribution in [0, 0.1) is 0 Å². The monoisotopic (exact) mass is 243 g/mol. The summed E-state index contributed by atoms with van der Waals surface area (Å²) in [4.78, 5) is 10.5. The standard InChI is InChI=1S/C10H17N3O2S/c1-7(2)13-4-3-8(12-13)5-16-6-9(11)10(14)15/h3-4,7,9H,5-6,11H2,1-2H3,(H,14,15)/t9-/m0/s1. The minimum absolute atomic E-state index is 0.347. The Morgan fingerprint density at radius 3 is 2.88 bits per heavy atom. The lowest BCUT2D eigenvalue weighted by atomic mass is 10.4. The first-order valence-corrected chi connectivity index (χ1v) is 6.26. The molecule has 1 aromatic rings. The summed E-state index contributed by atoms with van der Waals surface area (Å²) in [7, 11) is 0. The molecule has 1 atom stereocenters. The molecule has 0 radical (unpaired) electrons. The first kappa shape index (κ1) is 13.1. The van der Waals surface area contributed by atoms with Crippen LogP contribution in [-0.2, 0) is 10.5 Å². The molecule has 0 aliphatic heterocycles. The van der Waals surface area contributed by atoms with Crippen molar-refractivity contribution in [3.63, 3.8) is 0 Å². The number of rotatable bonds is 6. The van der Waals surface area contributed by atoms with Crippen molar-refractivity contribution in [2.45, 2.75) is 31.7 Å². The number of aromatic nitrogens is 2. The predicted octanol–water partition coefficient (Wildman–Crippen LogP) is 1.11. The van der Waals surface area contributed by atoms with E-state index in [1.54, 1.807) is 0 Å². The van der Waals surface area contributed by atoms with Gasteiger partial charge in [0.1, 0.15) is 6.04 Å². The molecular weight excluding hydrogens is 226 g/mol. The van der Waals surface area contributed by atoms with Gasteiger partial charge in [0.25, 0.3) is 0 Å². The van der Waals surface area contributed by atoms with Crippen molar-refractivity contribution < 1.29 is 9.90 Å². The van der Waals surface area contributed by atoms with Crippen LogP contribution in [0.15, 0.2) is 12.3 Å². The normalized spacial score (nSPS) is 13.0. The zero-order valence-electron chi connectivity index (χ0n) is 9.46. The van der Waals surface area contributed by atoms with Crippen molar-refractivity contribution in [1.82, 2.24) is 9.78 Å². The second kappa shape index (κ2) is 5.91. The summed E-state index contributed by atoms with van der Waals surface area (Å²) in [5, 5.41) is 13.0. The summed E-state index contributed by atoms with van der Waals surface area (Å²) >= 11 is 1.49. The minimum atomic E-state index is -0.958. The zero-order chi connectivity index (χ0) is 12.1.